The molecule has 6 heteroatoms. The Morgan fingerprint density at radius 1 is 1.42 bits per heavy atom. The lowest BCUT2D eigenvalue weighted by Crippen LogP contribution is -2.29. The van der Waals surface area contributed by atoms with Crippen LogP contribution in [-0.4, -0.2) is 45.1 Å². The van der Waals surface area contributed by atoms with Gasteiger partial charge in [0.2, 0.25) is 0 Å². The van der Waals surface area contributed by atoms with Crippen molar-refractivity contribution in [2.45, 2.75) is 39.2 Å². The van der Waals surface area contributed by atoms with Crippen molar-refractivity contribution in [3.8, 4) is 0 Å². The Bertz CT molecular complexity index is 714. The predicted molar refractivity (Wildman–Crippen MR) is 94.3 cm³/mol. The lowest BCUT2D eigenvalue weighted by molar-refractivity contribution is 0.0768. The van der Waals surface area contributed by atoms with E-state index in [4.69, 9.17) is 0 Å². The molecule has 0 aliphatic carbocycles. The molecule has 2 aromatic rings. The summed E-state index contributed by atoms with van der Waals surface area (Å²) in [6.07, 6.45) is 1.94. The van der Waals surface area contributed by atoms with E-state index in [-0.39, 0.29) is 11.8 Å². The van der Waals surface area contributed by atoms with Crippen LogP contribution in [0.3, 0.4) is 0 Å². The number of rotatable bonds is 4. The van der Waals surface area contributed by atoms with Gasteiger partial charge in [-0.15, -0.1) is 11.3 Å². The molecule has 0 radical (unpaired) electrons. The summed E-state index contributed by atoms with van der Waals surface area (Å²) in [5.74, 6) is 0.331. The third-order valence-electron chi connectivity index (χ3n) is 4.39. The summed E-state index contributed by atoms with van der Waals surface area (Å²) in [6.45, 7) is 6.98. The molecule has 2 unspecified atom stereocenters. The maximum atomic E-state index is 12.8. The molecular formula is C18H23N3O2S. The molecule has 1 N–H and O–H groups in total. The molecule has 1 aliphatic rings. The van der Waals surface area contributed by atoms with E-state index in [0.29, 0.717) is 30.3 Å². The average Bonchev–Trinajstić information content (AvgIpc) is 3.12. The zero-order chi connectivity index (χ0) is 17.3. The lowest BCUT2D eigenvalue weighted by Gasteiger charge is -2.15. The topological polar surface area (TPSA) is 66.3 Å². The van der Waals surface area contributed by atoms with Gasteiger partial charge in [0.05, 0.1) is 16.8 Å². The van der Waals surface area contributed by atoms with Crippen molar-refractivity contribution in [2.75, 3.05) is 13.1 Å². The van der Waals surface area contributed by atoms with Gasteiger partial charge in [0.15, 0.2) is 0 Å². The van der Waals surface area contributed by atoms with Crippen molar-refractivity contribution in [2.24, 2.45) is 5.92 Å². The number of carbonyl (C=O) groups excluding carboxylic acids is 1. The van der Waals surface area contributed by atoms with Gasteiger partial charge in [-0.05, 0) is 25.5 Å². The number of pyridine rings is 1. The molecule has 0 bridgehead atoms. The number of likely N-dealkylation sites (tertiary alicyclic amines) is 1. The molecule has 0 aromatic carbocycles. The van der Waals surface area contributed by atoms with Gasteiger partial charge < -0.3 is 10.0 Å². The van der Waals surface area contributed by atoms with Crippen molar-refractivity contribution in [1.29, 1.82) is 0 Å². The number of aliphatic hydroxyl groups is 1. The van der Waals surface area contributed by atoms with E-state index >= 15 is 0 Å². The van der Waals surface area contributed by atoms with Crippen LogP contribution in [0.5, 0.6) is 0 Å². The Hall–Kier alpha value is -1.79. The third-order valence-corrected chi connectivity index (χ3v) is 5.84. The SMILES string of the molecule is Cc1nc(C(C)C)sc1C(=O)N1CC(O)C(Cc2ccccn2)C1. The summed E-state index contributed by atoms with van der Waals surface area (Å²) < 4.78 is 0. The molecule has 0 spiro atoms. The van der Waals surface area contributed by atoms with Gasteiger partial charge in [0, 0.05) is 36.8 Å². The fourth-order valence-corrected chi connectivity index (χ4v) is 4.05. The number of aromatic nitrogens is 2. The molecule has 2 aromatic heterocycles. The number of thiazole rings is 1. The maximum absolute atomic E-state index is 12.8. The second-order valence-electron chi connectivity index (χ2n) is 6.68. The predicted octanol–water partition coefficient (Wildman–Crippen LogP) is 2.65. The second-order valence-corrected chi connectivity index (χ2v) is 7.71. The number of amides is 1. The normalized spacial score (nSPS) is 20.8. The van der Waals surface area contributed by atoms with Gasteiger partial charge in [-0.1, -0.05) is 19.9 Å². The molecule has 1 fully saturated rings. The Kier molecular flexibility index (Phi) is 4.96. The lowest BCUT2D eigenvalue weighted by atomic mass is 10.00. The number of β-amino-alcohol motifs (C(OH)–C–C–N with tert-alkyl or cyclic N) is 1. The van der Waals surface area contributed by atoms with Crippen molar-refractivity contribution in [3.63, 3.8) is 0 Å². The van der Waals surface area contributed by atoms with E-state index in [1.165, 1.54) is 11.3 Å². The van der Waals surface area contributed by atoms with E-state index in [2.05, 4.69) is 23.8 Å². The number of nitrogens with zero attached hydrogens (tertiary/aromatic N) is 3. The minimum absolute atomic E-state index is 0.0144. The van der Waals surface area contributed by atoms with Gasteiger partial charge in [-0.3, -0.25) is 9.78 Å². The highest BCUT2D eigenvalue weighted by Gasteiger charge is 2.35. The van der Waals surface area contributed by atoms with Gasteiger partial charge in [-0.2, -0.15) is 0 Å². The molecule has 128 valence electrons. The van der Waals surface area contributed by atoms with E-state index in [1.54, 1.807) is 11.1 Å². The third kappa shape index (κ3) is 3.49. The molecule has 24 heavy (non-hydrogen) atoms. The van der Waals surface area contributed by atoms with Crippen LogP contribution in [0.15, 0.2) is 24.4 Å². The van der Waals surface area contributed by atoms with Crippen LogP contribution >= 0.6 is 11.3 Å². The van der Waals surface area contributed by atoms with E-state index in [9.17, 15) is 9.90 Å². The number of aliphatic hydroxyl groups excluding tert-OH is 1. The second kappa shape index (κ2) is 6.99. The molecule has 3 heterocycles. The molecule has 1 amide bonds. The summed E-state index contributed by atoms with van der Waals surface area (Å²) in [6, 6.07) is 5.78. The highest BCUT2D eigenvalue weighted by Crippen LogP contribution is 2.28. The average molecular weight is 345 g/mol. The molecule has 3 rings (SSSR count). The standard InChI is InChI=1S/C18H23N3O2S/c1-11(2)17-20-12(3)16(24-17)18(23)21-9-13(15(22)10-21)8-14-6-4-5-7-19-14/h4-7,11,13,15,22H,8-10H2,1-3H3. The van der Waals surface area contributed by atoms with Gasteiger partial charge in [0.25, 0.3) is 5.91 Å². The Morgan fingerprint density at radius 3 is 2.83 bits per heavy atom. The molecule has 1 aliphatic heterocycles. The van der Waals surface area contributed by atoms with Crippen molar-refractivity contribution in [3.05, 3.63) is 45.7 Å². The number of hydrogen-bond acceptors (Lipinski definition) is 5. The summed E-state index contributed by atoms with van der Waals surface area (Å²) >= 11 is 1.47. The Balaban J connectivity index is 1.71. The summed E-state index contributed by atoms with van der Waals surface area (Å²) in [5, 5.41) is 11.3. The van der Waals surface area contributed by atoms with Gasteiger partial charge in [-0.25, -0.2) is 4.98 Å². The van der Waals surface area contributed by atoms with Crippen LogP contribution in [0.2, 0.25) is 0 Å². The first-order chi connectivity index (χ1) is 11.5. The largest absolute Gasteiger partial charge is 0.391 e. The first-order valence-corrected chi connectivity index (χ1v) is 9.12. The maximum Gasteiger partial charge on any atom is 0.265 e. The summed E-state index contributed by atoms with van der Waals surface area (Å²) in [5.41, 5.74) is 1.74. The number of aryl methyl sites for hydroxylation is 1. The monoisotopic (exact) mass is 345 g/mol. The Labute approximate surface area is 146 Å². The summed E-state index contributed by atoms with van der Waals surface area (Å²) in [4.78, 5) is 24.1. The first kappa shape index (κ1) is 17.0. The number of hydrogen-bond donors (Lipinski definition) is 1. The van der Waals surface area contributed by atoms with Gasteiger partial charge in [0.1, 0.15) is 4.88 Å². The van der Waals surface area contributed by atoms with E-state index < -0.39 is 6.10 Å². The van der Waals surface area contributed by atoms with Crippen LogP contribution in [0.25, 0.3) is 0 Å². The number of carbonyl (C=O) groups is 1. The zero-order valence-corrected chi connectivity index (χ0v) is 15.1. The first-order valence-electron chi connectivity index (χ1n) is 8.30. The van der Waals surface area contributed by atoms with Crippen molar-refractivity contribution in [1.82, 2.24) is 14.9 Å². The smallest absolute Gasteiger partial charge is 0.265 e. The molecule has 2 atom stereocenters. The van der Waals surface area contributed by atoms with E-state index in [0.717, 1.165) is 16.4 Å². The van der Waals surface area contributed by atoms with E-state index in [1.807, 2.05) is 25.1 Å². The quantitative estimate of drug-likeness (QED) is 0.925. The Morgan fingerprint density at radius 2 is 2.21 bits per heavy atom. The minimum atomic E-state index is -0.506. The van der Waals surface area contributed by atoms with Crippen LogP contribution in [0.4, 0.5) is 0 Å². The fraction of sp³-hybridized carbons (Fsp3) is 0.500. The molecule has 1 saturated heterocycles. The minimum Gasteiger partial charge on any atom is -0.391 e. The highest BCUT2D eigenvalue weighted by molar-refractivity contribution is 7.13. The van der Waals surface area contributed by atoms with Crippen molar-refractivity contribution >= 4 is 17.2 Å². The van der Waals surface area contributed by atoms with Crippen LogP contribution in [0, 0.1) is 12.8 Å². The zero-order valence-electron chi connectivity index (χ0n) is 14.3. The van der Waals surface area contributed by atoms with Crippen LogP contribution < -0.4 is 0 Å². The molecule has 0 saturated carbocycles. The van der Waals surface area contributed by atoms with Crippen molar-refractivity contribution < 1.29 is 9.90 Å². The van der Waals surface area contributed by atoms with Gasteiger partial charge >= 0.3 is 0 Å². The fourth-order valence-electron chi connectivity index (χ4n) is 3.01. The van der Waals surface area contributed by atoms with Crippen LogP contribution in [0.1, 0.15) is 45.8 Å². The highest BCUT2D eigenvalue weighted by atomic mass is 32.1. The van der Waals surface area contributed by atoms with Crippen LogP contribution in [-0.2, 0) is 6.42 Å². The molecule has 5 nitrogen and oxygen atoms in total. The summed E-state index contributed by atoms with van der Waals surface area (Å²) in [7, 11) is 0. The molecular weight excluding hydrogens is 322 g/mol.